The molecule has 20 heavy (non-hydrogen) atoms. The van der Waals surface area contributed by atoms with E-state index in [1.54, 1.807) is 12.3 Å². The van der Waals surface area contributed by atoms with Gasteiger partial charge in [-0.1, -0.05) is 12.1 Å². The molecule has 0 fully saturated rings. The average molecular weight is 291 g/mol. The Hall–Kier alpha value is -1.92. The Kier molecular flexibility index (Phi) is 4.70. The Morgan fingerprint density at radius 3 is 2.90 bits per heavy atom. The summed E-state index contributed by atoms with van der Waals surface area (Å²) in [6.45, 7) is 2.47. The lowest BCUT2D eigenvalue weighted by molar-refractivity contribution is 0.371. The molecule has 0 amide bonds. The number of nitrogens with two attached hydrogens (primary N) is 1. The quantitative estimate of drug-likeness (QED) is 0.735. The van der Waals surface area contributed by atoms with Gasteiger partial charge in [-0.25, -0.2) is 4.98 Å². The van der Waals surface area contributed by atoms with Crippen LogP contribution in [0.4, 0.5) is 5.69 Å². The van der Waals surface area contributed by atoms with E-state index in [0.717, 1.165) is 33.8 Å². The summed E-state index contributed by atoms with van der Waals surface area (Å²) in [7, 11) is 1.53. The first kappa shape index (κ1) is 14.5. The van der Waals surface area contributed by atoms with Gasteiger partial charge in [0.15, 0.2) is 11.5 Å². The second-order valence-electron chi connectivity index (χ2n) is 4.28. The Labute approximate surface area is 122 Å². The van der Waals surface area contributed by atoms with Crippen molar-refractivity contribution in [2.45, 2.75) is 18.5 Å². The summed E-state index contributed by atoms with van der Waals surface area (Å²) in [6.07, 6.45) is 1.74. The predicted octanol–water partition coefficient (Wildman–Crippen LogP) is 2.68. The summed E-state index contributed by atoms with van der Waals surface area (Å²) in [6, 6.07) is 7.32. The van der Waals surface area contributed by atoms with Crippen LogP contribution in [0.1, 0.15) is 11.1 Å². The van der Waals surface area contributed by atoms with E-state index >= 15 is 0 Å². The van der Waals surface area contributed by atoms with Crippen LogP contribution in [0.15, 0.2) is 35.5 Å². The smallest absolute Gasteiger partial charge is 0.162 e. The predicted molar refractivity (Wildman–Crippen MR) is 81.0 cm³/mol. The van der Waals surface area contributed by atoms with Crippen LogP contribution in [0.3, 0.4) is 0 Å². The molecular weight excluding hydrogens is 274 g/mol. The third-order valence-corrected chi connectivity index (χ3v) is 3.44. The number of aromatic hydroxyl groups is 1. The standard InChI is InChI=1S/C14H17N3O2S/c1-9-6-13(20-15)17-8-11(9)16-7-10-4-3-5-12(19-2)14(10)18/h3-6,8,16,18H,7,15H2,1-2H3. The number of rotatable bonds is 5. The monoisotopic (exact) mass is 291 g/mol. The first-order chi connectivity index (χ1) is 9.65. The minimum Gasteiger partial charge on any atom is -0.504 e. The number of hydrogen-bond donors (Lipinski definition) is 3. The van der Waals surface area contributed by atoms with E-state index in [9.17, 15) is 5.11 Å². The van der Waals surface area contributed by atoms with Crippen molar-refractivity contribution in [2.24, 2.45) is 5.14 Å². The summed E-state index contributed by atoms with van der Waals surface area (Å²) < 4.78 is 5.08. The molecule has 1 heterocycles. The molecule has 0 spiro atoms. The number of phenolic OH excluding ortho intramolecular Hbond substituents is 1. The van der Waals surface area contributed by atoms with Gasteiger partial charge in [-0.3, -0.25) is 5.14 Å². The van der Waals surface area contributed by atoms with Gasteiger partial charge in [-0.2, -0.15) is 0 Å². The van der Waals surface area contributed by atoms with Crippen LogP contribution in [0.5, 0.6) is 11.5 Å². The fraction of sp³-hybridized carbons (Fsp3) is 0.214. The van der Waals surface area contributed by atoms with Gasteiger partial charge in [0.25, 0.3) is 0 Å². The summed E-state index contributed by atoms with van der Waals surface area (Å²) in [5.74, 6) is 0.622. The van der Waals surface area contributed by atoms with E-state index in [0.29, 0.717) is 12.3 Å². The maximum absolute atomic E-state index is 10.0. The van der Waals surface area contributed by atoms with Gasteiger partial charge in [0, 0.05) is 12.1 Å². The molecule has 0 radical (unpaired) electrons. The minimum atomic E-state index is 0.155. The van der Waals surface area contributed by atoms with Crippen molar-refractivity contribution in [3.8, 4) is 11.5 Å². The number of hydrogen-bond acceptors (Lipinski definition) is 6. The van der Waals surface area contributed by atoms with Gasteiger partial charge in [-0.05, 0) is 36.6 Å². The summed E-state index contributed by atoms with van der Waals surface area (Å²) >= 11 is 1.12. The largest absolute Gasteiger partial charge is 0.504 e. The average Bonchev–Trinajstić information content (AvgIpc) is 2.47. The Bertz CT molecular complexity index is 605. The molecule has 0 aliphatic heterocycles. The third kappa shape index (κ3) is 3.15. The fourth-order valence-electron chi connectivity index (χ4n) is 1.85. The number of aromatic nitrogens is 1. The SMILES string of the molecule is COc1cccc(CNc2cnc(SN)cc2C)c1O. The zero-order valence-electron chi connectivity index (χ0n) is 11.4. The van der Waals surface area contributed by atoms with Crippen molar-refractivity contribution in [3.05, 3.63) is 41.6 Å². The molecule has 6 heteroatoms. The van der Waals surface area contributed by atoms with Crippen molar-refractivity contribution < 1.29 is 9.84 Å². The number of para-hydroxylation sites is 1. The zero-order valence-corrected chi connectivity index (χ0v) is 12.2. The zero-order chi connectivity index (χ0) is 14.5. The van der Waals surface area contributed by atoms with Crippen LogP contribution in [0, 0.1) is 6.92 Å². The summed E-state index contributed by atoms with van der Waals surface area (Å²) in [5, 5.41) is 19.5. The number of methoxy groups -OCH3 is 1. The van der Waals surface area contributed by atoms with E-state index in [1.165, 1.54) is 7.11 Å². The van der Waals surface area contributed by atoms with Crippen LogP contribution in [-0.4, -0.2) is 17.2 Å². The number of benzene rings is 1. The molecule has 0 aliphatic carbocycles. The number of anilines is 1. The molecule has 2 rings (SSSR count). The normalized spacial score (nSPS) is 10.3. The third-order valence-electron chi connectivity index (χ3n) is 2.98. The van der Waals surface area contributed by atoms with E-state index in [4.69, 9.17) is 9.88 Å². The summed E-state index contributed by atoms with van der Waals surface area (Å²) in [5.41, 5.74) is 2.72. The maximum Gasteiger partial charge on any atom is 0.162 e. The number of nitrogens with zero attached hydrogens (tertiary/aromatic N) is 1. The van der Waals surface area contributed by atoms with Crippen molar-refractivity contribution in [3.63, 3.8) is 0 Å². The Morgan fingerprint density at radius 2 is 2.25 bits per heavy atom. The lowest BCUT2D eigenvalue weighted by Gasteiger charge is -2.12. The van der Waals surface area contributed by atoms with Gasteiger partial charge in [0.2, 0.25) is 0 Å². The van der Waals surface area contributed by atoms with Crippen LogP contribution >= 0.6 is 11.9 Å². The van der Waals surface area contributed by atoms with Crippen LogP contribution in [-0.2, 0) is 6.54 Å². The molecule has 0 saturated heterocycles. The van der Waals surface area contributed by atoms with Gasteiger partial charge < -0.3 is 15.2 Å². The molecule has 4 N–H and O–H groups in total. The van der Waals surface area contributed by atoms with Gasteiger partial charge >= 0.3 is 0 Å². The maximum atomic E-state index is 10.0. The number of ether oxygens (including phenoxy) is 1. The number of aryl methyl sites for hydroxylation is 1. The second-order valence-corrected chi connectivity index (χ2v) is 4.93. The highest BCUT2D eigenvalue weighted by Gasteiger charge is 2.08. The van der Waals surface area contributed by atoms with Crippen molar-refractivity contribution >= 4 is 17.6 Å². The molecule has 1 aromatic heterocycles. The number of phenols is 1. The number of pyridine rings is 1. The molecule has 0 bridgehead atoms. The van der Waals surface area contributed by atoms with Crippen LogP contribution < -0.4 is 15.2 Å². The second kappa shape index (κ2) is 6.49. The van der Waals surface area contributed by atoms with Gasteiger partial charge in [0.1, 0.15) is 5.03 Å². The fourth-order valence-corrected chi connectivity index (χ4v) is 2.20. The molecule has 0 unspecified atom stereocenters. The van der Waals surface area contributed by atoms with E-state index in [1.807, 2.05) is 25.1 Å². The molecule has 106 valence electrons. The molecule has 5 nitrogen and oxygen atoms in total. The summed E-state index contributed by atoms with van der Waals surface area (Å²) in [4.78, 5) is 4.21. The van der Waals surface area contributed by atoms with E-state index < -0.39 is 0 Å². The van der Waals surface area contributed by atoms with Crippen molar-refractivity contribution in [1.29, 1.82) is 0 Å². The highest BCUT2D eigenvalue weighted by atomic mass is 32.2. The molecule has 0 atom stereocenters. The Balaban J connectivity index is 2.13. The van der Waals surface area contributed by atoms with E-state index in [-0.39, 0.29) is 5.75 Å². The van der Waals surface area contributed by atoms with Crippen molar-refractivity contribution in [2.75, 3.05) is 12.4 Å². The van der Waals surface area contributed by atoms with Crippen molar-refractivity contribution in [1.82, 2.24) is 4.98 Å². The molecule has 0 aliphatic rings. The van der Waals surface area contributed by atoms with E-state index in [2.05, 4.69) is 10.3 Å². The Morgan fingerprint density at radius 1 is 1.45 bits per heavy atom. The molecular formula is C14H17N3O2S. The van der Waals surface area contributed by atoms with Gasteiger partial charge in [-0.15, -0.1) is 0 Å². The van der Waals surface area contributed by atoms with Crippen LogP contribution in [0.25, 0.3) is 0 Å². The highest BCUT2D eigenvalue weighted by Crippen LogP contribution is 2.30. The first-order valence-electron chi connectivity index (χ1n) is 6.07. The number of nitrogens with one attached hydrogen (secondary N) is 1. The lowest BCUT2D eigenvalue weighted by Crippen LogP contribution is -2.03. The topological polar surface area (TPSA) is 80.4 Å². The molecule has 1 aromatic carbocycles. The molecule has 0 saturated carbocycles. The van der Waals surface area contributed by atoms with Gasteiger partial charge in [0.05, 0.1) is 19.0 Å². The molecule has 2 aromatic rings. The minimum absolute atomic E-state index is 0.155. The lowest BCUT2D eigenvalue weighted by atomic mass is 10.1. The van der Waals surface area contributed by atoms with Crippen LogP contribution in [0.2, 0.25) is 0 Å². The first-order valence-corrected chi connectivity index (χ1v) is 6.95. The highest BCUT2D eigenvalue weighted by molar-refractivity contribution is 7.97.